The van der Waals surface area contributed by atoms with Crippen LogP contribution in [0.3, 0.4) is 0 Å². The fourth-order valence-electron chi connectivity index (χ4n) is 9.34. The van der Waals surface area contributed by atoms with Gasteiger partial charge in [0.25, 0.3) is 0 Å². The second-order valence-corrected chi connectivity index (χ2v) is 21.3. The normalized spacial score (nSPS) is 12.4. The van der Waals surface area contributed by atoms with Crippen molar-refractivity contribution in [2.75, 3.05) is 0 Å². The maximum absolute atomic E-state index is 5.61. The first kappa shape index (κ1) is 38.2. The molecule has 0 radical (unpaired) electrons. The van der Waals surface area contributed by atoms with Crippen LogP contribution in [-0.2, 0) is 0 Å². The van der Waals surface area contributed by atoms with Crippen molar-refractivity contribution in [1.29, 1.82) is 0 Å². The zero-order valence-corrected chi connectivity index (χ0v) is 36.3. The quantitative estimate of drug-likeness (QED) is 0.143. The predicted molar refractivity (Wildman–Crippen MR) is 268 cm³/mol. The molecule has 2 nitrogen and oxygen atoms in total. The highest BCUT2D eigenvalue weighted by atomic mass is 28.3. The Kier molecular flexibility index (Phi) is 9.68. The second-order valence-electron chi connectivity index (χ2n) is 17.0. The Morgan fingerprint density at radius 2 is 0.619 bits per heavy atom. The van der Waals surface area contributed by atoms with Gasteiger partial charge in [-0.25, -0.2) is 9.97 Å². The Balaban J connectivity index is 1.06. The fraction of sp³-hybridized carbons (Fsp3) is 0.0333. The Labute approximate surface area is 370 Å². The molecule has 3 heteroatoms. The average molecular weight is 821 g/mol. The van der Waals surface area contributed by atoms with Gasteiger partial charge in [0.1, 0.15) is 8.07 Å². The summed E-state index contributed by atoms with van der Waals surface area (Å²) in [7, 11) is -2.20. The predicted octanol–water partition coefficient (Wildman–Crippen LogP) is 14.6. The maximum Gasteiger partial charge on any atom is 0.159 e. The summed E-state index contributed by atoms with van der Waals surface area (Å²) in [6, 6.07) is 83.2. The number of hydrogen-bond donors (Lipinski definition) is 0. The van der Waals surface area contributed by atoms with Crippen LogP contribution in [0, 0.1) is 0 Å². The Morgan fingerprint density at radius 1 is 0.286 bits per heavy atom. The minimum absolute atomic E-state index is 0.754. The standard InChI is InChI=1S/C60H44N2Si/c1-63(2)56-32-16-15-31-55(56)57-58(54-39-51(43-23-11-5-12-24-43)36-52(40-54)44-25-13-6-14-26-44)61-59(62-60(57)63)48-30-18-28-46(34-48)45-27-17-29-47(33-45)53-37-49(41-19-7-3-8-20-41)35-50(38-53)42-21-9-4-10-22-42/h3-40H,1-2H3. The Hall–Kier alpha value is -7.72. The number of nitrogens with zero attached hydrogens (tertiary/aromatic N) is 2. The van der Waals surface area contributed by atoms with Crippen LogP contribution in [0.15, 0.2) is 231 Å². The largest absolute Gasteiger partial charge is 0.237 e. The monoisotopic (exact) mass is 820 g/mol. The third-order valence-electron chi connectivity index (χ3n) is 12.6. The van der Waals surface area contributed by atoms with Crippen LogP contribution in [0.4, 0.5) is 0 Å². The van der Waals surface area contributed by atoms with Crippen molar-refractivity contribution in [2.45, 2.75) is 13.1 Å². The molecule has 9 aromatic carbocycles. The highest BCUT2D eigenvalue weighted by molar-refractivity contribution is 7.03. The number of hydrogen-bond acceptors (Lipinski definition) is 2. The molecule has 1 aliphatic rings. The van der Waals surface area contributed by atoms with Crippen molar-refractivity contribution >= 4 is 18.6 Å². The zero-order valence-electron chi connectivity index (χ0n) is 35.3. The summed E-state index contributed by atoms with van der Waals surface area (Å²) in [5.41, 5.74) is 19.6. The molecule has 10 aromatic rings. The molecule has 1 aliphatic heterocycles. The van der Waals surface area contributed by atoms with Gasteiger partial charge in [-0.15, -0.1) is 0 Å². The van der Waals surface area contributed by atoms with Gasteiger partial charge in [0, 0.05) is 22.0 Å². The van der Waals surface area contributed by atoms with Crippen molar-refractivity contribution < 1.29 is 0 Å². The summed E-state index contributed by atoms with van der Waals surface area (Å²) >= 11 is 0. The van der Waals surface area contributed by atoms with Gasteiger partial charge in [-0.05, 0) is 126 Å². The highest BCUT2D eigenvalue weighted by Crippen LogP contribution is 2.41. The molecule has 0 unspecified atom stereocenters. The first-order valence-electron chi connectivity index (χ1n) is 21.7. The van der Waals surface area contributed by atoms with E-state index >= 15 is 0 Å². The summed E-state index contributed by atoms with van der Waals surface area (Å²) in [6.07, 6.45) is 0. The molecule has 1 aromatic heterocycles. The van der Waals surface area contributed by atoms with Gasteiger partial charge in [0.05, 0.1) is 5.69 Å². The van der Waals surface area contributed by atoms with Crippen molar-refractivity contribution in [1.82, 2.24) is 9.97 Å². The van der Waals surface area contributed by atoms with Crippen LogP contribution in [0.2, 0.25) is 13.1 Å². The third-order valence-corrected chi connectivity index (χ3v) is 15.9. The molecule has 0 atom stereocenters. The summed E-state index contributed by atoms with van der Waals surface area (Å²) in [6.45, 7) is 4.87. The number of rotatable bonds is 8. The average Bonchev–Trinajstić information content (AvgIpc) is 3.60. The summed E-state index contributed by atoms with van der Waals surface area (Å²) in [5.74, 6) is 0.754. The molecule has 0 saturated carbocycles. The molecule has 0 N–H and O–H groups in total. The van der Waals surface area contributed by atoms with E-state index in [1.54, 1.807) is 0 Å². The van der Waals surface area contributed by atoms with Gasteiger partial charge in [-0.3, -0.25) is 0 Å². The van der Waals surface area contributed by atoms with Crippen molar-refractivity contribution in [2.24, 2.45) is 0 Å². The minimum Gasteiger partial charge on any atom is -0.237 e. The molecule has 0 fully saturated rings. The molecule has 0 amide bonds. The first-order valence-corrected chi connectivity index (χ1v) is 24.7. The molecule has 0 spiro atoms. The van der Waals surface area contributed by atoms with Gasteiger partial charge in [-0.2, -0.15) is 0 Å². The molecular formula is C60H44N2Si. The number of fused-ring (bicyclic) bond motifs is 3. The Bertz CT molecular complexity index is 3170. The van der Waals surface area contributed by atoms with Gasteiger partial charge < -0.3 is 0 Å². The van der Waals surface area contributed by atoms with E-state index in [2.05, 4.69) is 244 Å². The number of benzene rings is 9. The molecule has 11 rings (SSSR count). The lowest BCUT2D eigenvalue weighted by molar-refractivity contribution is 1.21. The van der Waals surface area contributed by atoms with Gasteiger partial charge in [0.2, 0.25) is 0 Å². The van der Waals surface area contributed by atoms with Crippen molar-refractivity contribution in [3.05, 3.63) is 231 Å². The van der Waals surface area contributed by atoms with E-state index in [0.717, 1.165) is 44.9 Å². The van der Waals surface area contributed by atoms with Gasteiger partial charge in [-0.1, -0.05) is 195 Å². The lowest BCUT2D eigenvalue weighted by Crippen LogP contribution is -2.50. The van der Waals surface area contributed by atoms with Gasteiger partial charge >= 0.3 is 0 Å². The fourth-order valence-corrected chi connectivity index (χ4v) is 12.3. The smallest absolute Gasteiger partial charge is 0.159 e. The zero-order chi connectivity index (χ0) is 42.3. The lowest BCUT2D eigenvalue weighted by atomic mass is 9.92. The van der Waals surface area contributed by atoms with Crippen LogP contribution in [-0.4, -0.2) is 18.0 Å². The first-order chi connectivity index (χ1) is 31.0. The molecule has 0 aliphatic carbocycles. The summed E-state index contributed by atoms with van der Waals surface area (Å²) in [4.78, 5) is 11.2. The van der Waals surface area contributed by atoms with E-state index in [4.69, 9.17) is 9.97 Å². The Morgan fingerprint density at radius 3 is 1.10 bits per heavy atom. The van der Waals surface area contributed by atoms with Crippen LogP contribution < -0.4 is 10.5 Å². The maximum atomic E-state index is 5.61. The van der Waals surface area contributed by atoms with Crippen molar-refractivity contribution in [3.8, 4) is 101 Å². The molecule has 298 valence electrons. The molecule has 0 bridgehead atoms. The lowest BCUT2D eigenvalue weighted by Gasteiger charge is -2.19. The topological polar surface area (TPSA) is 25.8 Å². The molecule has 63 heavy (non-hydrogen) atoms. The van der Waals surface area contributed by atoms with E-state index in [-0.39, 0.29) is 0 Å². The molecule has 2 heterocycles. The molecule has 0 saturated heterocycles. The van der Waals surface area contributed by atoms with Crippen LogP contribution in [0.25, 0.3) is 101 Å². The van der Waals surface area contributed by atoms with Crippen LogP contribution in [0.1, 0.15) is 0 Å². The van der Waals surface area contributed by atoms with E-state index in [0.29, 0.717) is 0 Å². The SMILES string of the molecule is C[Si]1(C)c2ccccc2-c2c(-c3cc(-c4ccccc4)cc(-c4ccccc4)c3)nc(-c3cccc(-c4cccc(-c5cc(-c6ccccc6)cc(-c6ccccc6)c5)c4)c3)nc21. The minimum atomic E-state index is -2.20. The highest BCUT2D eigenvalue weighted by Gasteiger charge is 2.41. The second kappa shape index (κ2) is 16.0. The van der Waals surface area contributed by atoms with E-state index in [9.17, 15) is 0 Å². The van der Waals surface area contributed by atoms with Crippen molar-refractivity contribution in [3.63, 3.8) is 0 Å². The van der Waals surface area contributed by atoms with E-state index < -0.39 is 8.07 Å². The van der Waals surface area contributed by atoms with Crippen LogP contribution in [0.5, 0.6) is 0 Å². The molecular weight excluding hydrogens is 777 g/mol. The van der Waals surface area contributed by atoms with E-state index in [1.165, 1.54) is 66.1 Å². The third kappa shape index (κ3) is 7.23. The van der Waals surface area contributed by atoms with E-state index in [1.807, 2.05) is 0 Å². The van der Waals surface area contributed by atoms with Crippen LogP contribution >= 0.6 is 0 Å². The summed E-state index contributed by atoms with van der Waals surface area (Å²) < 4.78 is 0. The summed E-state index contributed by atoms with van der Waals surface area (Å²) in [5, 5.41) is 2.60. The van der Waals surface area contributed by atoms with Gasteiger partial charge in [0.15, 0.2) is 5.82 Å². The number of aromatic nitrogens is 2.